The number of methoxy groups -OCH3 is 2. The van der Waals surface area contributed by atoms with Gasteiger partial charge in [0.2, 0.25) is 11.7 Å². The lowest BCUT2D eigenvalue weighted by Gasteiger charge is -2.11. The molecule has 0 saturated heterocycles. The third kappa shape index (κ3) is 4.29. The molecule has 1 N–H and O–H groups in total. The number of anilines is 1. The Bertz CT molecular complexity index is 1630. The Hall–Kier alpha value is -4.93. The minimum Gasteiger partial charge on any atom is -0.497 e. The summed E-state index contributed by atoms with van der Waals surface area (Å²) in [7, 11) is 3.02. The lowest BCUT2D eigenvalue weighted by atomic mass is 10.1. The summed E-state index contributed by atoms with van der Waals surface area (Å²) in [4.78, 5) is 30.2. The molecule has 11 heteroatoms. The molecule has 1 amide bonds. The molecule has 11 nitrogen and oxygen atoms in total. The normalized spacial score (nSPS) is 11.0. The van der Waals surface area contributed by atoms with E-state index in [1.807, 2.05) is 31.2 Å². The molecule has 3 heterocycles. The van der Waals surface area contributed by atoms with Gasteiger partial charge in [-0.05, 0) is 37.3 Å². The average Bonchev–Trinajstić information content (AvgIpc) is 3.49. The third-order valence-corrected chi connectivity index (χ3v) is 5.52. The molecule has 3 aromatic heterocycles. The van der Waals surface area contributed by atoms with E-state index in [4.69, 9.17) is 14.0 Å². The Kier molecular flexibility index (Phi) is 5.95. The standard InChI is InChI=1S/C25H22N6O5/c1-15-6-4-7-16(12-15)22-27-24(36-29-22)18-8-5-11-30-23(18)28-31(25(30)33)14-21(32)26-19-13-17(34-2)9-10-20(19)35-3/h4-13H,14H2,1-3H3,(H,26,32). The summed E-state index contributed by atoms with van der Waals surface area (Å²) in [5.41, 5.74) is 2.55. The van der Waals surface area contributed by atoms with Crippen molar-refractivity contribution in [1.29, 1.82) is 0 Å². The molecule has 0 aliphatic heterocycles. The van der Waals surface area contributed by atoms with Gasteiger partial charge in [0, 0.05) is 17.8 Å². The van der Waals surface area contributed by atoms with Crippen LogP contribution in [0.25, 0.3) is 28.5 Å². The summed E-state index contributed by atoms with van der Waals surface area (Å²) < 4.78 is 18.4. The summed E-state index contributed by atoms with van der Waals surface area (Å²) in [5.74, 6) is 1.16. The van der Waals surface area contributed by atoms with Crippen LogP contribution in [0.4, 0.5) is 5.69 Å². The summed E-state index contributed by atoms with van der Waals surface area (Å²) in [6.07, 6.45) is 1.56. The predicted molar refractivity (Wildman–Crippen MR) is 131 cm³/mol. The number of hydrogen-bond acceptors (Lipinski definition) is 8. The molecule has 0 aliphatic rings. The maximum Gasteiger partial charge on any atom is 0.350 e. The van der Waals surface area contributed by atoms with Crippen LogP contribution < -0.4 is 20.5 Å². The van der Waals surface area contributed by atoms with Crippen molar-refractivity contribution in [3.05, 3.63) is 76.8 Å². The van der Waals surface area contributed by atoms with Crippen LogP contribution in [0.2, 0.25) is 0 Å². The number of benzene rings is 2. The fourth-order valence-electron chi connectivity index (χ4n) is 3.78. The van der Waals surface area contributed by atoms with Crippen LogP contribution in [-0.4, -0.2) is 44.4 Å². The second kappa shape index (κ2) is 9.37. The molecule has 5 aromatic rings. The molecular formula is C25H22N6O5. The fraction of sp³-hybridized carbons (Fsp3) is 0.160. The van der Waals surface area contributed by atoms with Gasteiger partial charge in [-0.3, -0.25) is 4.79 Å². The highest BCUT2D eigenvalue weighted by atomic mass is 16.5. The van der Waals surface area contributed by atoms with E-state index in [0.29, 0.717) is 28.6 Å². The van der Waals surface area contributed by atoms with Gasteiger partial charge in [-0.15, -0.1) is 5.10 Å². The van der Waals surface area contributed by atoms with Gasteiger partial charge in [-0.1, -0.05) is 28.9 Å². The number of fused-ring (bicyclic) bond motifs is 1. The van der Waals surface area contributed by atoms with E-state index < -0.39 is 11.6 Å². The average molecular weight is 486 g/mol. The number of nitrogens with one attached hydrogen (secondary N) is 1. The van der Waals surface area contributed by atoms with E-state index in [2.05, 4.69) is 20.6 Å². The number of aromatic nitrogens is 5. The molecule has 0 unspecified atom stereocenters. The zero-order chi connectivity index (χ0) is 25.2. The number of aryl methyl sites for hydroxylation is 1. The number of nitrogens with zero attached hydrogens (tertiary/aromatic N) is 5. The third-order valence-electron chi connectivity index (χ3n) is 5.52. The minimum absolute atomic E-state index is 0.208. The van der Waals surface area contributed by atoms with Crippen molar-refractivity contribution in [2.45, 2.75) is 13.5 Å². The molecule has 2 aromatic carbocycles. The topological polar surface area (TPSA) is 126 Å². The van der Waals surface area contributed by atoms with Gasteiger partial charge in [0.25, 0.3) is 5.89 Å². The highest BCUT2D eigenvalue weighted by molar-refractivity contribution is 5.92. The van der Waals surface area contributed by atoms with E-state index in [0.717, 1.165) is 15.8 Å². The van der Waals surface area contributed by atoms with Gasteiger partial charge in [0.1, 0.15) is 18.0 Å². The van der Waals surface area contributed by atoms with Gasteiger partial charge in [-0.2, -0.15) is 4.98 Å². The van der Waals surface area contributed by atoms with Gasteiger partial charge in [0.15, 0.2) is 5.65 Å². The number of rotatable bonds is 7. The Labute approximate surface area is 204 Å². The first-order chi connectivity index (χ1) is 17.5. The monoisotopic (exact) mass is 486 g/mol. The molecule has 0 saturated carbocycles. The van der Waals surface area contributed by atoms with E-state index in [1.165, 1.54) is 18.6 Å². The number of carbonyl (C=O) groups excluding carboxylic acids is 1. The smallest absolute Gasteiger partial charge is 0.350 e. The van der Waals surface area contributed by atoms with E-state index in [9.17, 15) is 9.59 Å². The molecule has 0 fully saturated rings. The van der Waals surface area contributed by atoms with Crippen molar-refractivity contribution in [3.8, 4) is 34.3 Å². The van der Waals surface area contributed by atoms with E-state index in [1.54, 1.807) is 36.5 Å². The fourth-order valence-corrected chi connectivity index (χ4v) is 3.78. The van der Waals surface area contributed by atoms with Crippen molar-refractivity contribution in [2.75, 3.05) is 19.5 Å². The molecule has 0 atom stereocenters. The SMILES string of the molecule is COc1ccc(OC)c(NC(=O)Cn2nc3c(-c4nc(-c5cccc(C)c5)no4)cccn3c2=O)c1. The summed E-state index contributed by atoms with van der Waals surface area (Å²) in [5, 5.41) is 11.2. The summed E-state index contributed by atoms with van der Waals surface area (Å²) >= 11 is 0. The predicted octanol–water partition coefficient (Wildman–Crippen LogP) is 3.18. The highest BCUT2D eigenvalue weighted by Gasteiger charge is 2.19. The summed E-state index contributed by atoms with van der Waals surface area (Å²) in [6, 6.07) is 16.1. The quantitative estimate of drug-likeness (QED) is 0.372. The van der Waals surface area contributed by atoms with Gasteiger partial charge < -0.3 is 19.3 Å². The molecule has 36 heavy (non-hydrogen) atoms. The van der Waals surface area contributed by atoms with Crippen molar-refractivity contribution in [2.24, 2.45) is 0 Å². The first-order valence-corrected chi connectivity index (χ1v) is 11.0. The van der Waals surface area contributed by atoms with Gasteiger partial charge >= 0.3 is 5.69 Å². The van der Waals surface area contributed by atoms with Crippen molar-refractivity contribution >= 4 is 17.2 Å². The van der Waals surface area contributed by atoms with Crippen LogP contribution in [0, 0.1) is 6.92 Å². The van der Waals surface area contributed by atoms with Gasteiger partial charge in [-0.25, -0.2) is 13.9 Å². The lowest BCUT2D eigenvalue weighted by Crippen LogP contribution is -2.28. The molecule has 0 radical (unpaired) electrons. The van der Waals surface area contributed by atoms with Crippen LogP contribution in [-0.2, 0) is 11.3 Å². The van der Waals surface area contributed by atoms with E-state index in [-0.39, 0.29) is 18.1 Å². The van der Waals surface area contributed by atoms with Crippen LogP contribution in [0.5, 0.6) is 11.5 Å². The molecule has 5 rings (SSSR count). The molecule has 182 valence electrons. The van der Waals surface area contributed by atoms with Crippen LogP contribution in [0.3, 0.4) is 0 Å². The Morgan fingerprint density at radius 1 is 1.08 bits per heavy atom. The highest BCUT2D eigenvalue weighted by Crippen LogP contribution is 2.29. The second-order valence-electron chi connectivity index (χ2n) is 7.96. The zero-order valence-electron chi connectivity index (χ0n) is 19.8. The number of hydrogen-bond donors (Lipinski definition) is 1. The second-order valence-corrected chi connectivity index (χ2v) is 7.96. The number of carbonyl (C=O) groups is 1. The lowest BCUT2D eigenvalue weighted by molar-refractivity contribution is -0.117. The summed E-state index contributed by atoms with van der Waals surface area (Å²) in [6.45, 7) is 1.66. The van der Waals surface area contributed by atoms with Gasteiger partial charge in [0.05, 0.1) is 25.5 Å². The van der Waals surface area contributed by atoms with Crippen molar-refractivity contribution in [1.82, 2.24) is 24.3 Å². The van der Waals surface area contributed by atoms with Crippen molar-refractivity contribution < 1.29 is 18.8 Å². The molecule has 0 bridgehead atoms. The number of amides is 1. The zero-order valence-corrected chi connectivity index (χ0v) is 19.8. The first kappa shape index (κ1) is 22.8. The maximum atomic E-state index is 13.0. The number of ether oxygens (including phenoxy) is 2. The van der Waals surface area contributed by atoms with Crippen LogP contribution in [0.1, 0.15) is 5.56 Å². The Balaban J connectivity index is 1.44. The maximum absolute atomic E-state index is 13.0. The van der Waals surface area contributed by atoms with Crippen molar-refractivity contribution in [3.63, 3.8) is 0 Å². The van der Waals surface area contributed by atoms with E-state index >= 15 is 0 Å². The van der Waals surface area contributed by atoms with Crippen LogP contribution >= 0.6 is 0 Å². The minimum atomic E-state index is -0.488. The molecule has 0 aliphatic carbocycles. The molecule has 0 spiro atoms. The van der Waals surface area contributed by atoms with Crippen LogP contribution in [0.15, 0.2) is 70.1 Å². The molecular weight excluding hydrogens is 464 g/mol. The Morgan fingerprint density at radius 3 is 2.72 bits per heavy atom. The first-order valence-electron chi connectivity index (χ1n) is 11.0. The largest absolute Gasteiger partial charge is 0.497 e. The number of pyridine rings is 1. The Morgan fingerprint density at radius 2 is 1.94 bits per heavy atom.